The molecule has 1 aromatic carbocycles. The molecule has 1 aromatic rings. The summed E-state index contributed by atoms with van der Waals surface area (Å²) in [5.41, 5.74) is -0.257. The minimum atomic E-state index is -5.11. The first kappa shape index (κ1) is 16.7. The summed E-state index contributed by atoms with van der Waals surface area (Å²) in [4.78, 5) is 10.1. The van der Waals surface area contributed by atoms with Crippen LogP contribution in [-0.4, -0.2) is 18.8 Å². The van der Waals surface area contributed by atoms with E-state index < -0.39 is 35.1 Å². The Morgan fingerprint density at radius 2 is 1.90 bits per heavy atom. The molecule has 0 spiro atoms. The molecule has 0 saturated carbocycles. The third-order valence-electron chi connectivity index (χ3n) is 2.07. The zero-order valence-electron chi connectivity index (χ0n) is 9.88. The van der Waals surface area contributed by atoms with Crippen LogP contribution in [-0.2, 0) is 4.79 Å². The van der Waals surface area contributed by atoms with Crippen LogP contribution < -0.4 is 9.47 Å². The number of hydrogen-bond donors (Lipinski definition) is 0. The van der Waals surface area contributed by atoms with E-state index in [1.807, 2.05) is 0 Å². The second kappa shape index (κ2) is 6.38. The van der Waals surface area contributed by atoms with Gasteiger partial charge in [-0.15, -0.1) is 13.2 Å². The number of alkyl halides is 6. The number of benzene rings is 1. The lowest BCUT2D eigenvalue weighted by Crippen LogP contribution is -2.20. The van der Waals surface area contributed by atoms with E-state index >= 15 is 0 Å². The second-order valence-electron chi connectivity index (χ2n) is 3.57. The molecule has 0 heterocycles. The van der Waals surface area contributed by atoms with Crippen molar-refractivity contribution >= 4 is 21.7 Å². The van der Waals surface area contributed by atoms with E-state index in [2.05, 4.69) is 25.4 Å². The number of ketones is 1. The zero-order valence-corrected chi connectivity index (χ0v) is 11.5. The van der Waals surface area contributed by atoms with E-state index in [1.165, 1.54) is 6.07 Å². The topological polar surface area (TPSA) is 35.5 Å². The van der Waals surface area contributed by atoms with Gasteiger partial charge >= 0.3 is 13.0 Å². The lowest BCUT2D eigenvalue weighted by molar-refractivity contribution is -0.275. The maximum atomic E-state index is 12.3. The minimum absolute atomic E-state index is 0.257. The molecule has 20 heavy (non-hydrogen) atoms. The number of carbonyl (C=O) groups excluding carboxylic acids is 1. The maximum absolute atomic E-state index is 12.3. The average Bonchev–Trinajstić information content (AvgIpc) is 2.27. The van der Waals surface area contributed by atoms with Crippen molar-refractivity contribution in [2.75, 3.05) is 0 Å². The second-order valence-corrected chi connectivity index (χ2v) is 4.49. The fraction of sp³-hybridized carbons (Fsp3) is 0.364. The Kier molecular flexibility index (Phi) is 5.32. The molecule has 1 atom stereocenters. The summed E-state index contributed by atoms with van der Waals surface area (Å²) in [5, 5.41) is 0. The predicted molar refractivity (Wildman–Crippen MR) is 62.1 cm³/mol. The predicted octanol–water partition coefficient (Wildman–Crippen LogP) is 4.21. The van der Waals surface area contributed by atoms with Gasteiger partial charge in [-0.25, -0.2) is 0 Å². The summed E-state index contributed by atoms with van der Waals surface area (Å²) < 4.78 is 69.1. The van der Waals surface area contributed by atoms with Crippen molar-refractivity contribution in [3.05, 3.63) is 23.8 Å². The van der Waals surface area contributed by atoms with Gasteiger partial charge in [-0.2, -0.15) is 8.78 Å². The largest absolute Gasteiger partial charge is 0.573 e. The Balaban J connectivity index is 3.32. The van der Waals surface area contributed by atoms with Crippen molar-refractivity contribution in [1.82, 2.24) is 0 Å². The van der Waals surface area contributed by atoms with Crippen LogP contribution in [0.3, 0.4) is 0 Å². The van der Waals surface area contributed by atoms with Crippen molar-refractivity contribution < 1.29 is 36.2 Å². The van der Waals surface area contributed by atoms with Gasteiger partial charge in [-0.3, -0.25) is 4.79 Å². The monoisotopic (exact) mass is 362 g/mol. The third kappa shape index (κ3) is 4.62. The van der Waals surface area contributed by atoms with E-state index in [1.54, 1.807) is 0 Å². The van der Waals surface area contributed by atoms with Crippen LogP contribution in [0.4, 0.5) is 22.0 Å². The van der Waals surface area contributed by atoms with Gasteiger partial charge < -0.3 is 9.47 Å². The lowest BCUT2D eigenvalue weighted by atomic mass is 10.1. The molecule has 0 fully saturated rings. The standard InChI is InChI=1S/C11H8BrF5O3/c1-5(18)8(12)6-3-2-4-7(19-10(13)14)9(6)20-11(15,16)17/h2-4,8,10H,1H3. The first-order valence-electron chi connectivity index (χ1n) is 5.10. The quantitative estimate of drug-likeness (QED) is 0.581. The highest BCUT2D eigenvalue weighted by molar-refractivity contribution is 9.09. The number of halogens is 6. The van der Waals surface area contributed by atoms with Crippen LogP contribution in [0.5, 0.6) is 11.5 Å². The van der Waals surface area contributed by atoms with Crippen LogP contribution in [0.2, 0.25) is 0 Å². The van der Waals surface area contributed by atoms with Gasteiger partial charge in [0.25, 0.3) is 0 Å². The molecule has 1 unspecified atom stereocenters. The SMILES string of the molecule is CC(=O)C(Br)c1cccc(OC(F)F)c1OC(F)(F)F. The molecule has 112 valence electrons. The summed E-state index contributed by atoms with van der Waals surface area (Å²) in [6.07, 6.45) is -5.11. The van der Waals surface area contributed by atoms with Crippen LogP contribution in [0.15, 0.2) is 18.2 Å². The summed E-state index contributed by atoms with van der Waals surface area (Å²) in [5.74, 6) is -2.30. The minimum Gasteiger partial charge on any atom is -0.431 e. The van der Waals surface area contributed by atoms with Gasteiger partial charge in [0.1, 0.15) is 10.6 Å². The Labute approximate surface area is 118 Å². The fourth-order valence-electron chi connectivity index (χ4n) is 1.37. The van der Waals surface area contributed by atoms with Crippen molar-refractivity contribution in [2.24, 2.45) is 0 Å². The Bertz CT molecular complexity index is 489. The number of ether oxygens (including phenoxy) is 2. The first-order valence-corrected chi connectivity index (χ1v) is 6.01. The highest BCUT2D eigenvalue weighted by Crippen LogP contribution is 2.41. The van der Waals surface area contributed by atoms with Crippen LogP contribution in [0, 0.1) is 0 Å². The Morgan fingerprint density at radius 1 is 1.30 bits per heavy atom. The van der Waals surface area contributed by atoms with Crippen LogP contribution >= 0.6 is 15.9 Å². The van der Waals surface area contributed by atoms with E-state index in [0.717, 1.165) is 19.1 Å². The van der Waals surface area contributed by atoms with Crippen molar-refractivity contribution in [3.8, 4) is 11.5 Å². The highest BCUT2D eigenvalue weighted by Gasteiger charge is 2.35. The van der Waals surface area contributed by atoms with E-state index in [9.17, 15) is 26.7 Å². The summed E-state index contributed by atoms with van der Waals surface area (Å²) in [7, 11) is 0. The van der Waals surface area contributed by atoms with Gasteiger partial charge in [0, 0.05) is 5.56 Å². The van der Waals surface area contributed by atoms with E-state index in [0.29, 0.717) is 0 Å². The molecule has 0 radical (unpaired) electrons. The third-order valence-corrected chi connectivity index (χ3v) is 3.21. The van der Waals surface area contributed by atoms with Crippen molar-refractivity contribution in [2.45, 2.75) is 24.7 Å². The fourth-order valence-corrected chi connectivity index (χ4v) is 1.73. The number of para-hydroxylation sites is 1. The van der Waals surface area contributed by atoms with Crippen LogP contribution in [0.25, 0.3) is 0 Å². The number of Topliss-reactive ketones (excluding diaryl/α,β-unsaturated/α-hetero) is 1. The number of rotatable bonds is 5. The molecule has 0 aliphatic rings. The van der Waals surface area contributed by atoms with Gasteiger partial charge in [0.2, 0.25) is 0 Å². The zero-order chi connectivity index (χ0) is 15.5. The molecule has 9 heteroatoms. The van der Waals surface area contributed by atoms with Crippen molar-refractivity contribution in [1.29, 1.82) is 0 Å². The van der Waals surface area contributed by atoms with Gasteiger partial charge in [-0.05, 0) is 13.0 Å². The molecule has 0 amide bonds. The maximum Gasteiger partial charge on any atom is 0.573 e. The summed E-state index contributed by atoms with van der Waals surface area (Å²) >= 11 is 2.87. The lowest BCUT2D eigenvalue weighted by Gasteiger charge is -2.18. The molecule has 1 rings (SSSR count). The smallest absolute Gasteiger partial charge is 0.431 e. The summed E-state index contributed by atoms with van der Waals surface area (Å²) in [6.45, 7) is -2.20. The Morgan fingerprint density at radius 3 is 2.35 bits per heavy atom. The molecule has 0 N–H and O–H groups in total. The van der Waals surface area contributed by atoms with Gasteiger partial charge in [0.15, 0.2) is 11.5 Å². The van der Waals surface area contributed by atoms with Gasteiger partial charge in [0.05, 0.1) is 0 Å². The number of carbonyl (C=O) groups is 1. The average molecular weight is 363 g/mol. The molecule has 0 aliphatic heterocycles. The molecule has 0 bridgehead atoms. The highest BCUT2D eigenvalue weighted by atomic mass is 79.9. The molecule has 0 saturated heterocycles. The molecular weight excluding hydrogens is 355 g/mol. The first-order chi connectivity index (χ1) is 9.11. The van der Waals surface area contributed by atoms with E-state index in [-0.39, 0.29) is 5.56 Å². The molecule has 0 aliphatic carbocycles. The molecular formula is C11H8BrF5O3. The normalized spacial score (nSPS) is 13.2. The van der Waals surface area contributed by atoms with Gasteiger partial charge in [-0.1, -0.05) is 28.1 Å². The van der Waals surface area contributed by atoms with E-state index in [4.69, 9.17) is 0 Å². The molecule has 0 aromatic heterocycles. The summed E-state index contributed by atoms with van der Waals surface area (Å²) in [6, 6.07) is 3.20. The van der Waals surface area contributed by atoms with Crippen molar-refractivity contribution in [3.63, 3.8) is 0 Å². The number of hydrogen-bond acceptors (Lipinski definition) is 3. The Hall–Kier alpha value is -1.38. The van der Waals surface area contributed by atoms with Crippen LogP contribution in [0.1, 0.15) is 17.3 Å². The molecule has 3 nitrogen and oxygen atoms in total.